The summed E-state index contributed by atoms with van der Waals surface area (Å²) < 4.78 is 11.5. The average Bonchev–Trinajstić information content (AvgIpc) is 3.38. The van der Waals surface area contributed by atoms with Gasteiger partial charge in [0.15, 0.2) is 5.54 Å². The Bertz CT molecular complexity index is 1360. The molecule has 0 aromatic heterocycles. The molecule has 0 spiro atoms. The second-order valence-corrected chi connectivity index (χ2v) is 9.38. The molecule has 1 aliphatic heterocycles. The van der Waals surface area contributed by atoms with Crippen LogP contribution in [0.3, 0.4) is 0 Å². The maximum Gasteiger partial charge on any atom is 0.266 e. The number of nitrogens with zero attached hydrogens (tertiary/aromatic N) is 4. The first-order valence-corrected chi connectivity index (χ1v) is 12.9. The van der Waals surface area contributed by atoms with Crippen LogP contribution in [0.2, 0.25) is 5.02 Å². The van der Waals surface area contributed by atoms with Crippen LogP contribution in [0.25, 0.3) is 10.4 Å². The molecule has 3 aromatic rings. The zero-order chi connectivity index (χ0) is 27.5. The van der Waals surface area contributed by atoms with E-state index in [1.54, 1.807) is 42.5 Å². The molecule has 0 fully saturated rings. The van der Waals surface area contributed by atoms with Crippen LogP contribution in [0.5, 0.6) is 5.75 Å². The molecule has 11 heteroatoms. The van der Waals surface area contributed by atoms with Gasteiger partial charge in [0, 0.05) is 47.2 Å². The van der Waals surface area contributed by atoms with Gasteiger partial charge < -0.3 is 14.6 Å². The predicted molar refractivity (Wildman–Crippen MR) is 149 cm³/mol. The molecule has 10 nitrogen and oxygen atoms in total. The van der Waals surface area contributed by atoms with Crippen molar-refractivity contribution in [2.75, 3.05) is 26.4 Å². The Hall–Kier alpha value is -4.08. The van der Waals surface area contributed by atoms with E-state index in [2.05, 4.69) is 20.9 Å². The minimum Gasteiger partial charge on any atom is -0.494 e. The number of aliphatic imine (C=N–C) groups is 1. The van der Waals surface area contributed by atoms with Crippen LogP contribution in [0.1, 0.15) is 23.1 Å². The average molecular weight is 549 g/mol. The fourth-order valence-electron chi connectivity index (χ4n) is 4.11. The van der Waals surface area contributed by atoms with Crippen LogP contribution in [0.15, 0.2) is 82.9 Å². The highest BCUT2D eigenvalue weighted by Gasteiger charge is 2.45. The molecule has 0 saturated heterocycles. The van der Waals surface area contributed by atoms with Crippen LogP contribution >= 0.6 is 11.6 Å². The summed E-state index contributed by atoms with van der Waals surface area (Å²) in [5.74, 6) is 0.609. The molecule has 3 N–H and O–H groups in total. The van der Waals surface area contributed by atoms with E-state index in [1.165, 1.54) is 0 Å². The number of benzene rings is 3. The number of hydrogen-bond donors (Lipinski definition) is 3. The summed E-state index contributed by atoms with van der Waals surface area (Å²) in [5, 5.41) is 13.4. The van der Waals surface area contributed by atoms with Crippen molar-refractivity contribution in [2.24, 2.45) is 10.1 Å². The summed E-state index contributed by atoms with van der Waals surface area (Å²) >= 11 is 6.06. The van der Waals surface area contributed by atoms with Gasteiger partial charge in [-0.2, -0.15) is 0 Å². The Morgan fingerprint density at radius 3 is 2.77 bits per heavy atom. The Kier molecular flexibility index (Phi) is 9.77. The minimum absolute atomic E-state index is 0.00347. The van der Waals surface area contributed by atoms with E-state index in [-0.39, 0.29) is 25.5 Å². The molecule has 0 aliphatic carbocycles. The third-order valence-corrected chi connectivity index (χ3v) is 6.35. The van der Waals surface area contributed by atoms with Gasteiger partial charge in [-0.15, -0.1) is 0 Å². The number of aliphatic hydroxyl groups is 1. The van der Waals surface area contributed by atoms with Crippen molar-refractivity contribution in [3.05, 3.63) is 105 Å². The lowest BCUT2D eigenvalue weighted by atomic mass is 9.91. The molecule has 1 atom stereocenters. The Morgan fingerprint density at radius 2 is 2.00 bits per heavy atom. The SMILES string of the molecule is [N-]=[N+]=Nc1ccccc1C[C@@]1(C(=O)NNCCc2cccc(Cl)c2)COC(c2ccc(OCCCO)cc2)=N1. The van der Waals surface area contributed by atoms with Gasteiger partial charge in [-0.05, 0) is 59.5 Å². The van der Waals surface area contributed by atoms with Gasteiger partial charge in [-0.25, -0.2) is 10.4 Å². The van der Waals surface area contributed by atoms with Crippen molar-refractivity contribution in [1.29, 1.82) is 0 Å². The van der Waals surface area contributed by atoms with E-state index >= 15 is 0 Å². The molecule has 0 unspecified atom stereocenters. The van der Waals surface area contributed by atoms with Gasteiger partial charge in [0.25, 0.3) is 5.91 Å². The fraction of sp³-hybridized carbons (Fsp3) is 0.286. The first-order chi connectivity index (χ1) is 19.0. The Balaban J connectivity index is 1.52. The molecule has 1 amide bonds. The number of carbonyl (C=O) groups is 1. The summed E-state index contributed by atoms with van der Waals surface area (Å²) in [6, 6.07) is 21.8. The van der Waals surface area contributed by atoms with Crippen molar-refractivity contribution in [2.45, 2.75) is 24.8 Å². The summed E-state index contributed by atoms with van der Waals surface area (Å²) in [6.45, 7) is 0.951. The summed E-state index contributed by atoms with van der Waals surface area (Å²) in [4.78, 5) is 21.2. The number of aliphatic hydroxyl groups excluding tert-OH is 1. The lowest BCUT2D eigenvalue weighted by Crippen LogP contribution is -2.53. The molecular formula is C28H29ClN6O4. The minimum atomic E-state index is -1.30. The molecule has 0 radical (unpaired) electrons. The van der Waals surface area contributed by atoms with Gasteiger partial charge in [0.2, 0.25) is 5.90 Å². The van der Waals surface area contributed by atoms with E-state index in [9.17, 15) is 4.79 Å². The molecule has 0 bridgehead atoms. The predicted octanol–water partition coefficient (Wildman–Crippen LogP) is 4.66. The Labute approximate surface area is 231 Å². The molecule has 3 aromatic carbocycles. The number of hydrogen-bond acceptors (Lipinski definition) is 7. The fourth-order valence-corrected chi connectivity index (χ4v) is 4.32. The van der Waals surface area contributed by atoms with Gasteiger partial charge >= 0.3 is 0 Å². The third-order valence-electron chi connectivity index (χ3n) is 6.11. The summed E-state index contributed by atoms with van der Waals surface area (Å²) in [7, 11) is 0. The van der Waals surface area contributed by atoms with Gasteiger partial charge in [0.05, 0.1) is 6.61 Å². The maximum absolute atomic E-state index is 13.6. The molecule has 1 aliphatic rings. The van der Waals surface area contributed by atoms with E-state index in [1.807, 2.05) is 30.3 Å². The van der Waals surface area contributed by atoms with Crippen molar-refractivity contribution < 1.29 is 19.4 Å². The highest BCUT2D eigenvalue weighted by atomic mass is 35.5. The molecule has 0 saturated carbocycles. The molecule has 39 heavy (non-hydrogen) atoms. The molecular weight excluding hydrogens is 520 g/mol. The third kappa shape index (κ3) is 7.49. The molecule has 4 rings (SSSR count). The quantitative estimate of drug-likeness (QED) is 0.0936. The van der Waals surface area contributed by atoms with Crippen LogP contribution in [0, 0.1) is 0 Å². The van der Waals surface area contributed by atoms with Gasteiger partial charge in [-0.1, -0.05) is 53.1 Å². The highest BCUT2D eigenvalue weighted by Crippen LogP contribution is 2.31. The van der Waals surface area contributed by atoms with Crippen LogP contribution < -0.4 is 15.6 Å². The van der Waals surface area contributed by atoms with Crippen molar-refractivity contribution in [1.82, 2.24) is 10.9 Å². The highest BCUT2D eigenvalue weighted by molar-refractivity contribution is 6.30. The number of ether oxygens (including phenoxy) is 2. The number of halogens is 1. The van der Waals surface area contributed by atoms with Crippen molar-refractivity contribution in [3.63, 3.8) is 0 Å². The summed E-state index contributed by atoms with van der Waals surface area (Å²) in [6.07, 6.45) is 1.36. The summed E-state index contributed by atoms with van der Waals surface area (Å²) in [5.41, 5.74) is 16.3. The number of azide groups is 1. The maximum atomic E-state index is 13.6. The van der Waals surface area contributed by atoms with E-state index in [0.717, 1.165) is 5.56 Å². The monoisotopic (exact) mass is 548 g/mol. The van der Waals surface area contributed by atoms with E-state index in [0.29, 0.717) is 59.5 Å². The zero-order valence-electron chi connectivity index (χ0n) is 21.2. The number of amides is 1. The lowest BCUT2D eigenvalue weighted by Gasteiger charge is -2.24. The van der Waals surface area contributed by atoms with Crippen LogP contribution in [-0.4, -0.2) is 48.8 Å². The topological polar surface area (TPSA) is 141 Å². The van der Waals surface area contributed by atoms with E-state index in [4.69, 9.17) is 36.7 Å². The number of carbonyl (C=O) groups excluding carboxylic acids is 1. The van der Waals surface area contributed by atoms with E-state index < -0.39 is 5.54 Å². The second-order valence-electron chi connectivity index (χ2n) is 8.94. The first-order valence-electron chi connectivity index (χ1n) is 12.5. The molecule has 1 heterocycles. The van der Waals surface area contributed by atoms with Crippen LogP contribution in [0.4, 0.5) is 5.69 Å². The van der Waals surface area contributed by atoms with Crippen molar-refractivity contribution in [3.8, 4) is 5.75 Å². The number of hydrazine groups is 1. The number of nitrogens with one attached hydrogen (secondary N) is 2. The standard InChI is InChI=1S/C28H29ClN6O4/c29-23-7-3-5-20(17-23)13-14-31-34-27(37)28(18-22-6-1-2-8-25(22)33-35-30)19-39-26(32-28)21-9-11-24(12-10-21)38-16-4-15-36/h1-3,5-12,17,31,36H,4,13-16,18-19H2,(H,34,37)/t28-/m0/s1. The lowest BCUT2D eigenvalue weighted by molar-refractivity contribution is -0.127. The van der Waals surface area contributed by atoms with Gasteiger partial charge in [0.1, 0.15) is 12.4 Å². The second kappa shape index (κ2) is 13.6. The first kappa shape index (κ1) is 27.9. The van der Waals surface area contributed by atoms with Crippen molar-refractivity contribution >= 4 is 29.1 Å². The normalized spacial score (nSPS) is 16.1. The number of rotatable bonds is 13. The smallest absolute Gasteiger partial charge is 0.266 e. The Morgan fingerprint density at radius 1 is 1.18 bits per heavy atom. The zero-order valence-corrected chi connectivity index (χ0v) is 22.0. The van der Waals surface area contributed by atoms with Gasteiger partial charge in [-0.3, -0.25) is 10.2 Å². The largest absolute Gasteiger partial charge is 0.494 e. The van der Waals surface area contributed by atoms with Crippen LogP contribution in [-0.2, 0) is 22.4 Å². The molecule has 202 valence electrons.